The van der Waals surface area contributed by atoms with Gasteiger partial charge in [-0.1, -0.05) is 25.1 Å². The number of hydrogen-bond acceptors (Lipinski definition) is 4. The largest absolute Gasteiger partial charge is 0.341 e. The highest BCUT2D eigenvalue weighted by molar-refractivity contribution is 7.89. The third-order valence-electron chi connectivity index (χ3n) is 4.33. The van der Waals surface area contributed by atoms with Crippen LogP contribution in [0.3, 0.4) is 0 Å². The van der Waals surface area contributed by atoms with E-state index in [0.29, 0.717) is 37.5 Å². The van der Waals surface area contributed by atoms with Crippen molar-refractivity contribution in [3.63, 3.8) is 0 Å². The summed E-state index contributed by atoms with van der Waals surface area (Å²) in [5, 5.41) is 0. The molecule has 2 rings (SSSR count). The quantitative estimate of drug-likeness (QED) is 0.860. The molecule has 2 N–H and O–H groups in total. The van der Waals surface area contributed by atoms with Crippen LogP contribution < -0.4 is 5.73 Å². The Morgan fingerprint density at radius 3 is 2.29 bits per heavy atom. The van der Waals surface area contributed by atoms with Crippen LogP contribution >= 0.6 is 12.4 Å². The highest BCUT2D eigenvalue weighted by Gasteiger charge is 2.30. The fourth-order valence-electron chi connectivity index (χ4n) is 2.61. The van der Waals surface area contributed by atoms with Gasteiger partial charge in [0.1, 0.15) is 0 Å². The lowest BCUT2D eigenvalue weighted by Gasteiger charge is -2.26. The molecule has 6 nitrogen and oxygen atoms in total. The van der Waals surface area contributed by atoms with E-state index in [0.717, 1.165) is 0 Å². The minimum atomic E-state index is -3.50. The van der Waals surface area contributed by atoms with Gasteiger partial charge in [0.25, 0.3) is 0 Å². The molecule has 0 spiro atoms. The SMILES string of the molecule is CC(N)C(C)C(=O)N1CCCN(S(=O)(=O)c2ccccc2)CC1.Cl. The molecule has 1 aromatic rings. The highest BCUT2D eigenvalue weighted by Crippen LogP contribution is 2.18. The predicted molar refractivity (Wildman–Crippen MR) is 96.5 cm³/mol. The number of halogens is 1. The maximum Gasteiger partial charge on any atom is 0.243 e. The van der Waals surface area contributed by atoms with E-state index in [4.69, 9.17) is 5.73 Å². The van der Waals surface area contributed by atoms with Crippen LogP contribution in [0.2, 0.25) is 0 Å². The van der Waals surface area contributed by atoms with Gasteiger partial charge in [0.2, 0.25) is 15.9 Å². The molecule has 136 valence electrons. The Morgan fingerprint density at radius 2 is 1.71 bits per heavy atom. The Morgan fingerprint density at radius 1 is 1.08 bits per heavy atom. The minimum absolute atomic E-state index is 0. The average molecular weight is 376 g/mol. The number of benzene rings is 1. The van der Waals surface area contributed by atoms with Crippen LogP contribution in [0.25, 0.3) is 0 Å². The lowest BCUT2D eigenvalue weighted by atomic mass is 10.0. The molecule has 8 heteroatoms. The van der Waals surface area contributed by atoms with E-state index in [1.54, 1.807) is 35.2 Å². The van der Waals surface area contributed by atoms with Crippen LogP contribution in [0.4, 0.5) is 0 Å². The molecule has 0 saturated carbocycles. The fraction of sp³-hybridized carbons (Fsp3) is 0.562. The molecular formula is C16H26ClN3O3S. The van der Waals surface area contributed by atoms with Gasteiger partial charge in [0.05, 0.1) is 10.8 Å². The fourth-order valence-corrected chi connectivity index (χ4v) is 4.10. The van der Waals surface area contributed by atoms with Crippen molar-refractivity contribution < 1.29 is 13.2 Å². The molecular weight excluding hydrogens is 350 g/mol. The van der Waals surface area contributed by atoms with Crippen molar-refractivity contribution >= 4 is 28.3 Å². The van der Waals surface area contributed by atoms with E-state index >= 15 is 0 Å². The van der Waals surface area contributed by atoms with E-state index in [2.05, 4.69) is 0 Å². The third-order valence-corrected chi connectivity index (χ3v) is 6.24. The van der Waals surface area contributed by atoms with Crippen molar-refractivity contribution in [1.82, 2.24) is 9.21 Å². The van der Waals surface area contributed by atoms with Gasteiger partial charge >= 0.3 is 0 Å². The molecule has 1 aliphatic rings. The van der Waals surface area contributed by atoms with Gasteiger partial charge in [-0.2, -0.15) is 4.31 Å². The molecule has 0 aliphatic carbocycles. The molecule has 0 bridgehead atoms. The molecule has 24 heavy (non-hydrogen) atoms. The van der Waals surface area contributed by atoms with Crippen molar-refractivity contribution in [2.24, 2.45) is 11.7 Å². The number of hydrogen-bond donors (Lipinski definition) is 1. The zero-order valence-electron chi connectivity index (χ0n) is 14.1. The predicted octanol–water partition coefficient (Wildman–Crippen LogP) is 1.31. The maximum atomic E-state index is 12.7. The van der Waals surface area contributed by atoms with Crippen molar-refractivity contribution in [3.8, 4) is 0 Å². The standard InChI is InChI=1S/C16H25N3O3S.ClH/c1-13(14(2)17)16(20)18-9-6-10-19(12-11-18)23(21,22)15-7-4-3-5-8-15;/h3-5,7-8,13-14H,6,9-12,17H2,1-2H3;1H. The van der Waals surface area contributed by atoms with Crippen molar-refractivity contribution in [3.05, 3.63) is 30.3 Å². The summed E-state index contributed by atoms with van der Waals surface area (Å²) in [4.78, 5) is 14.4. The molecule has 1 aromatic carbocycles. The summed E-state index contributed by atoms with van der Waals surface area (Å²) >= 11 is 0. The maximum absolute atomic E-state index is 12.7. The number of nitrogens with two attached hydrogens (primary N) is 1. The number of carbonyl (C=O) groups excluding carboxylic acids is 1. The van der Waals surface area contributed by atoms with E-state index in [1.165, 1.54) is 4.31 Å². The molecule has 0 radical (unpaired) electrons. The summed E-state index contributed by atoms with van der Waals surface area (Å²) in [5.74, 6) is -0.258. The lowest BCUT2D eigenvalue weighted by Crippen LogP contribution is -2.43. The first kappa shape index (κ1) is 20.9. The lowest BCUT2D eigenvalue weighted by molar-refractivity contribution is -0.135. The van der Waals surface area contributed by atoms with Crippen LogP contribution in [0.1, 0.15) is 20.3 Å². The Kier molecular flexibility index (Phi) is 7.66. The average Bonchev–Trinajstić information content (AvgIpc) is 2.80. The van der Waals surface area contributed by atoms with Gasteiger partial charge in [-0.15, -0.1) is 12.4 Å². The summed E-state index contributed by atoms with van der Waals surface area (Å²) in [6.07, 6.45) is 0.628. The number of sulfonamides is 1. The number of nitrogens with zero attached hydrogens (tertiary/aromatic N) is 2. The van der Waals surface area contributed by atoms with Crippen LogP contribution in [0, 0.1) is 5.92 Å². The molecule has 2 atom stereocenters. The van der Waals surface area contributed by atoms with Crippen LogP contribution in [-0.4, -0.2) is 55.8 Å². The zero-order chi connectivity index (χ0) is 17.0. The molecule has 1 fully saturated rings. The molecule has 1 aliphatic heterocycles. The second-order valence-electron chi connectivity index (χ2n) is 6.04. The Hall–Kier alpha value is -1.15. The molecule has 1 heterocycles. The van der Waals surface area contributed by atoms with Gasteiger partial charge in [-0.05, 0) is 25.5 Å². The summed E-state index contributed by atoms with van der Waals surface area (Å²) in [5.41, 5.74) is 5.80. The van der Waals surface area contributed by atoms with Gasteiger partial charge in [-0.25, -0.2) is 8.42 Å². The molecule has 0 aromatic heterocycles. The van der Waals surface area contributed by atoms with E-state index in [1.807, 2.05) is 13.8 Å². The summed E-state index contributed by atoms with van der Waals surface area (Å²) in [7, 11) is -3.50. The first-order valence-corrected chi connectivity index (χ1v) is 9.37. The Balaban J connectivity index is 0.00000288. The van der Waals surface area contributed by atoms with Crippen LogP contribution in [-0.2, 0) is 14.8 Å². The second kappa shape index (κ2) is 8.80. The Labute approximate surface area is 150 Å². The van der Waals surface area contributed by atoms with Crippen LogP contribution in [0.5, 0.6) is 0 Å². The topological polar surface area (TPSA) is 83.7 Å². The highest BCUT2D eigenvalue weighted by atomic mass is 35.5. The van der Waals surface area contributed by atoms with Gasteiger partial charge in [0, 0.05) is 32.2 Å². The van der Waals surface area contributed by atoms with E-state index < -0.39 is 10.0 Å². The smallest absolute Gasteiger partial charge is 0.243 e. The van der Waals surface area contributed by atoms with E-state index in [-0.39, 0.29) is 30.3 Å². The molecule has 1 amide bonds. The third kappa shape index (κ3) is 4.69. The number of carbonyl (C=O) groups is 1. The van der Waals surface area contributed by atoms with Gasteiger partial charge in [0.15, 0.2) is 0 Å². The number of rotatable bonds is 4. The van der Waals surface area contributed by atoms with Gasteiger partial charge in [-0.3, -0.25) is 4.79 Å². The summed E-state index contributed by atoms with van der Waals surface area (Å²) in [6.45, 7) is 5.34. The van der Waals surface area contributed by atoms with E-state index in [9.17, 15) is 13.2 Å². The van der Waals surface area contributed by atoms with Gasteiger partial charge < -0.3 is 10.6 Å². The summed E-state index contributed by atoms with van der Waals surface area (Å²) < 4.78 is 26.8. The zero-order valence-corrected chi connectivity index (χ0v) is 15.7. The Bertz CT molecular complexity index is 637. The second-order valence-corrected chi connectivity index (χ2v) is 7.98. The van der Waals surface area contributed by atoms with Crippen molar-refractivity contribution in [1.29, 1.82) is 0 Å². The molecule has 2 unspecified atom stereocenters. The molecule has 1 saturated heterocycles. The first-order chi connectivity index (χ1) is 10.8. The first-order valence-electron chi connectivity index (χ1n) is 7.93. The minimum Gasteiger partial charge on any atom is -0.341 e. The van der Waals surface area contributed by atoms with Crippen molar-refractivity contribution in [2.75, 3.05) is 26.2 Å². The number of amides is 1. The summed E-state index contributed by atoms with van der Waals surface area (Å²) in [6, 6.07) is 8.20. The van der Waals surface area contributed by atoms with Crippen LogP contribution in [0.15, 0.2) is 35.2 Å². The van der Waals surface area contributed by atoms with Crippen molar-refractivity contribution in [2.45, 2.75) is 31.2 Å². The normalized spacial score (nSPS) is 19.0. The monoisotopic (exact) mass is 375 g/mol.